The SMILES string of the molecule is COc1ccc(C)cc1N(CC(=O)N(Cc1ccccc1F)[C@@H](C)C(=O)NC(C)(C)C)S(=O)(=O)c1ccc(C)cc1. The minimum atomic E-state index is -4.27. The molecule has 220 valence electrons. The monoisotopic (exact) mass is 583 g/mol. The highest BCUT2D eigenvalue weighted by Gasteiger charge is 2.34. The van der Waals surface area contributed by atoms with Gasteiger partial charge in [-0.15, -0.1) is 0 Å². The molecule has 0 saturated heterocycles. The van der Waals surface area contributed by atoms with Crippen molar-refractivity contribution in [2.45, 2.75) is 64.6 Å². The third-order valence-corrected chi connectivity index (χ3v) is 8.23. The van der Waals surface area contributed by atoms with Gasteiger partial charge in [0.1, 0.15) is 24.2 Å². The third kappa shape index (κ3) is 7.85. The van der Waals surface area contributed by atoms with Gasteiger partial charge >= 0.3 is 0 Å². The van der Waals surface area contributed by atoms with Gasteiger partial charge in [0, 0.05) is 17.6 Å². The second kappa shape index (κ2) is 12.7. The summed E-state index contributed by atoms with van der Waals surface area (Å²) in [6.07, 6.45) is 0. The van der Waals surface area contributed by atoms with Crippen molar-refractivity contribution in [3.05, 3.63) is 89.2 Å². The Morgan fingerprint density at radius 2 is 1.59 bits per heavy atom. The molecule has 2 amide bonds. The fraction of sp³-hybridized carbons (Fsp3) is 0.355. The van der Waals surface area contributed by atoms with Crippen LogP contribution in [0.15, 0.2) is 71.6 Å². The van der Waals surface area contributed by atoms with Gasteiger partial charge in [-0.05, 0) is 77.4 Å². The van der Waals surface area contributed by atoms with E-state index in [1.807, 2.05) is 6.92 Å². The number of halogens is 1. The maximum Gasteiger partial charge on any atom is 0.264 e. The molecular formula is C31H38FN3O5S. The molecule has 1 atom stereocenters. The van der Waals surface area contributed by atoms with Crippen LogP contribution in [0.3, 0.4) is 0 Å². The van der Waals surface area contributed by atoms with E-state index in [1.165, 1.54) is 49.3 Å². The molecule has 0 aliphatic heterocycles. The molecule has 0 bridgehead atoms. The van der Waals surface area contributed by atoms with E-state index in [0.29, 0.717) is 0 Å². The van der Waals surface area contributed by atoms with Crippen molar-refractivity contribution in [3.8, 4) is 5.75 Å². The number of sulfonamides is 1. The first-order valence-electron chi connectivity index (χ1n) is 13.2. The highest BCUT2D eigenvalue weighted by molar-refractivity contribution is 7.92. The minimum Gasteiger partial charge on any atom is -0.495 e. The molecule has 8 nitrogen and oxygen atoms in total. The smallest absolute Gasteiger partial charge is 0.264 e. The molecule has 0 aromatic heterocycles. The molecule has 0 fully saturated rings. The second-order valence-corrected chi connectivity index (χ2v) is 12.9. The van der Waals surface area contributed by atoms with E-state index < -0.39 is 45.8 Å². The molecule has 41 heavy (non-hydrogen) atoms. The van der Waals surface area contributed by atoms with Crippen molar-refractivity contribution in [1.82, 2.24) is 10.2 Å². The minimum absolute atomic E-state index is 0.0152. The lowest BCUT2D eigenvalue weighted by molar-refractivity contribution is -0.140. The Hall–Kier alpha value is -3.92. The predicted octanol–water partition coefficient (Wildman–Crippen LogP) is 4.98. The average molecular weight is 584 g/mol. The third-order valence-electron chi connectivity index (χ3n) is 6.45. The molecule has 3 aromatic rings. The van der Waals surface area contributed by atoms with Gasteiger partial charge in [-0.2, -0.15) is 0 Å². The average Bonchev–Trinajstić information content (AvgIpc) is 2.90. The lowest BCUT2D eigenvalue weighted by Gasteiger charge is -2.34. The van der Waals surface area contributed by atoms with Crippen LogP contribution in [0, 0.1) is 19.7 Å². The first-order valence-corrected chi connectivity index (χ1v) is 14.7. The van der Waals surface area contributed by atoms with Crippen LogP contribution in [0.1, 0.15) is 44.4 Å². The molecule has 0 aliphatic carbocycles. The molecule has 0 aliphatic rings. The van der Waals surface area contributed by atoms with Crippen LogP contribution < -0.4 is 14.4 Å². The van der Waals surface area contributed by atoms with E-state index >= 15 is 0 Å². The van der Waals surface area contributed by atoms with Gasteiger partial charge in [0.25, 0.3) is 10.0 Å². The van der Waals surface area contributed by atoms with Gasteiger partial charge in [0.2, 0.25) is 11.8 Å². The van der Waals surface area contributed by atoms with Crippen molar-refractivity contribution in [1.29, 1.82) is 0 Å². The molecule has 1 N–H and O–H groups in total. The van der Waals surface area contributed by atoms with E-state index in [0.717, 1.165) is 15.4 Å². The lowest BCUT2D eigenvalue weighted by atomic mass is 10.1. The van der Waals surface area contributed by atoms with Crippen LogP contribution in [0.5, 0.6) is 5.75 Å². The molecule has 0 heterocycles. The number of rotatable bonds is 10. The Kier molecular flexibility index (Phi) is 9.81. The number of anilines is 1. The second-order valence-electron chi connectivity index (χ2n) is 11.0. The van der Waals surface area contributed by atoms with Gasteiger partial charge < -0.3 is 15.0 Å². The zero-order chi connectivity index (χ0) is 30.5. The summed E-state index contributed by atoms with van der Waals surface area (Å²) >= 11 is 0. The predicted molar refractivity (Wildman–Crippen MR) is 158 cm³/mol. The number of nitrogens with zero attached hydrogens (tertiary/aromatic N) is 2. The summed E-state index contributed by atoms with van der Waals surface area (Å²) in [7, 11) is -2.86. The Bertz CT molecular complexity index is 1500. The van der Waals surface area contributed by atoms with Crippen LogP contribution >= 0.6 is 0 Å². The summed E-state index contributed by atoms with van der Waals surface area (Å²) < 4.78 is 49.3. The zero-order valence-electron chi connectivity index (χ0n) is 24.6. The maximum atomic E-state index is 14.7. The molecular weight excluding hydrogens is 545 g/mol. The number of benzene rings is 3. The standard InChI is InChI=1S/C31H38FN3O5S/c1-21-12-15-25(16-13-21)41(38,39)35(27-18-22(2)14-17-28(27)40-7)20-29(36)34(19-24-10-8-9-11-26(24)32)23(3)30(37)33-31(4,5)6/h8-18,23H,19-20H2,1-7H3,(H,33,37)/t23-/m0/s1. The first-order chi connectivity index (χ1) is 19.1. The van der Waals surface area contributed by atoms with Crippen LogP contribution in [0.4, 0.5) is 10.1 Å². The summed E-state index contributed by atoms with van der Waals surface area (Å²) in [5.41, 5.74) is 1.39. The fourth-order valence-electron chi connectivity index (χ4n) is 4.21. The molecule has 10 heteroatoms. The van der Waals surface area contributed by atoms with Gasteiger partial charge in [-0.25, -0.2) is 12.8 Å². The fourth-order valence-corrected chi connectivity index (χ4v) is 5.63. The number of ether oxygens (including phenoxy) is 1. The summed E-state index contributed by atoms with van der Waals surface area (Å²) in [4.78, 5) is 28.4. The lowest BCUT2D eigenvalue weighted by Crippen LogP contribution is -2.54. The van der Waals surface area contributed by atoms with E-state index in [2.05, 4.69) is 5.32 Å². The largest absolute Gasteiger partial charge is 0.495 e. The number of methoxy groups -OCH3 is 1. The Morgan fingerprint density at radius 3 is 2.17 bits per heavy atom. The highest BCUT2D eigenvalue weighted by atomic mass is 32.2. The van der Waals surface area contributed by atoms with Crippen molar-refractivity contribution < 1.29 is 27.1 Å². The number of amides is 2. The highest BCUT2D eigenvalue weighted by Crippen LogP contribution is 2.34. The van der Waals surface area contributed by atoms with Crippen LogP contribution in [0.25, 0.3) is 0 Å². The molecule has 3 aromatic carbocycles. The van der Waals surface area contributed by atoms with Crippen molar-refractivity contribution in [2.75, 3.05) is 18.0 Å². The van der Waals surface area contributed by atoms with Gasteiger partial charge in [-0.3, -0.25) is 13.9 Å². The number of hydrogen-bond acceptors (Lipinski definition) is 5. The number of nitrogens with one attached hydrogen (secondary N) is 1. The van der Waals surface area contributed by atoms with E-state index in [1.54, 1.807) is 64.1 Å². The summed E-state index contributed by atoms with van der Waals surface area (Å²) in [6, 6.07) is 16.2. The number of carbonyl (C=O) groups excluding carboxylic acids is 2. The van der Waals surface area contributed by atoms with Gasteiger partial charge in [-0.1, -0.05) is 42.0 Å². The van der Waals surface area contributed by atoms with E-state index in [-0.39, 0.29) is 28.4 Å². The molecule has 0 radical (unpaired) electrons. The van der Waals surface area contributed by atoms with E-state index in [9.17, 15) is 22.4 Å². The van der Waals surface area contributed by atoms with Gasteiger partial charge in [0.15, 0.2) is 0 Å². The quantitative estimate of drug-likeness (QED) is 0.363. The van der Waals surface area contributed by atoms with Crippen molar-refractivity contribution in [2.24, 2.45) is 0 Å². The van der Waals surface area contributed by atoms with E-state index in [4.69, 9.17) is 4.74 Å². The Morgan fingerprint density at radius 1 is 0.976 bits per heavy atom. The zero-order valence-corrected chi connectivity index (χ0v) is 25.4. The molecule has 0 spiro atoms. The summed E-state index contributed by atoms with van der Waals surface area (Å²) in [5, 5.41) is 2.85. The van der Waals surface area contributed by atoms with Crippen LogP contribution in [-0.2, 0) is 26.2 Å². The van der Waals surface area contributed by atoms with Crippen LogP contribution in [0.2, 0.25) is 0 Å². The van der Waals surface area contributed by atoms with Crippen molar-refractivity contribution in [3.63, 3.8) is 0 Å². The maximum absolute atomic E-state index is 14.7. The van der Waals surface area contributed by atoms with Gasteiger partial charge in [0.05, 0.1) is 17.7 Å². The Balaban J connectivity index is 2.12. The molecule has 3 rings (SSSR count). The van der Waals surface area contributed by atoms with Crippen molar-refractivity contribution >= 4 is 27.5 Å². The Labute approximate surface area is 242 Å². The summed E-state index contributed by atoms with van der Waals surface area (Å²) in [5.74, 6) is -1.44. The number of carbonyl (C=O) groups is 2. The summed E-state index contributed by atoms with van der Waals surface area (Å²) in [6.45, 7) is 9.69. The topological polar surface area (TPSA) is 96.0 Å². The number of hydrogen-bond donors (Lipinski definition) is 1. The number of aryl methyl sites for hydroxylation is 2. The first kappa shape index (κ1) is 31.6. The molecule has 0 unspecified atom stereocenters. The molecule has 0 saturated carbocycles. The van der Waals surface area contributed by atoms with Crippen LogP contribution in [-0.4, -0.2) is 50.4 Å². The normalized spacial score (nSPS) is 12.4.